The maximum absolute atomic E-state index is 6.10. The van der Waals surface area contributed by atoms with E-state index in [0.29, 0.717) is 24.6 Å². The van der Waals surface area contributed by atoms with Crippen LogP contribution in [0.15, 0.2) is 24.3 Å². The Hall–Kier alpha value is -2.87. The quantitative estimate of drug-likeness (QED) is 0.450. The zero-order valence-electron chi connectivity index (χ0n) is 20.4. The minimum Gasteiger partial charge on any atom is -0.497 e. The highest BCUT2D eigenvalue weighted by Crippen LogP contribution is 2.32. The number of methoxy groups -OCH3 is 1. The lowest BCUT2D eigenvalue weighted by Gasteiger charge is -2.27. The van der Waals surface area contributed by atoms with Crippen molar-refractivity contribution in [3.63, 3.8) is 0 Å². The van der Waals surface area contributed by atoms with Gasteiger partial charge in [0.05, 0.1) is 12.8 Å². The van der Waals surface area contributed by atoms with Gasteiger partial charge >= 0.3 is 0 Å². The molecule has 0 amide bonds. The lowest BCUT2D eigenvalue weighted by atomic mass is 9.92. The number of nitrogens with one attached hydrogen (secondary N) is 2. The van der Waals surface area contributed by atoms with Crippen LogP contribution in [0.25, 0.3) is 11.0 Å². The lowest BCUT2D eigenvalue weighted by molar-refractivity contribution is 0.410. The van der Waals surface area contributed by atoms with Gasteiger partial charge in [-0.2, -0.15) is 10.1 Å². The minimum atomic E-state index is 0.198. The number of rotatable bonds is 8. The molecule has 3 aromatic rings. The third kappa shape index (κ3) is 5.21. The van der Waals surface area contributed by atoms with Crippen molar-refractivity contribution in [1.29, 1.82) is 0 Å². The topological polar surface area (TPSA) is 103 Å². The molecule has 4 rings (SSSR count). The molecule has 0 bridgehead atoms. The van der Waals surface area contributed by atoms with Gasteiger partial charge in [-0.05, 0) is 63.1 Å². The van der Waals surface area contributed by atoms with Crippen LogP contribution >= 0.6 is 0 Å². The standard InChI is InChI=1S/C25H37N7O/c1-15(2)21-22-23(32(31-21)16(3)4)24(27-14-17-6-12-20(33-5)13-7-17)30-25(29-22)28-19-10-8-18(26)9-11-19/h6-7,12-13,15-16,18-19H,8-11,14,26H2,1-5H3,(H2,27,28,29,30). The third-order valence-electron chi connectivity index (χ3n) is 6.33. The molecule has 0 aliphatic heterocycles. The molecule has 1 aromatic carbocycles. The first-order valence-corrected chi connectivity index (χ1v) is 12.0. The summed E-state index contributed by atoms with van der Waals surface area (Å²) < 4.78 is 7.33. The molecule has 1 saturated carbocycles. The van der Waals surface area contributed by atoms with E-state index in [4.69, 9.17) is 25.5 Å². The van der Waals surface area contributed by atoms with Gasteiger partial charge in [0.2, 0.25) is 5.95 Å². The Morgan fingerprint density at radius 2 is 1.76 bits per heavy atom. The van der Waals surface area contributed by atoms with Crippen LogP contribution in [0.3, 0.4) is 0 Å². The Kier molecular flexibility index (Phi) is 7.02. The molecule has 4 N–H and O–H groups in total. The summed E-state index contributed by atoms with van der Waals surface area (Å²) in [6, 6.07) is 8.93. The van der Waals surface area contributed by atoms with Crippen molar-refractivity contribution >= 4 is 22.8 Å². The van der Waals surface area contributed by atoms with Gasteiger partial charge in [-0.1, -0.05) is 26.0 Å². The summed E-state index contributed by atoms with van der Waals surface area (Å²) in [5.41, 5.74) is 10.1. The first kappa shape index (κ1) is 23.3. The van der Waals surface area contributed by atoms with Gasteiger partial charge in [-0.3, -0.25) is 4.68 Å². The minimum absolute atomic E-state index is 0.198. The van der Waals surface area contributed by atoms with Gasteiger partial charge in [0.15, 0.2) is 5.82 Å². The second-order valence-electron chi connectivity index (χ2n) is 9.63. The first-order valence-electron chi connectivity index (χ1n) is 12.0. The molecule has 33 heavy (non-hydrogen) atoms. The number of anilines is 2. The highest BCUT2D eigenvalue weighted by atomic mass is 16.5. The fourth-order valence-corrected chi connectivity index (χ4v) is 4.39. The summed E-state index contributed by atoms with van der Waals surface area (Å²) in [5, 5.41) is 12.1. The second-order valence-corrected chi connectivity index (χ2v) is 9.63. The average Bonchev–Trinajstić information content (AvgIpc) is 3.20. The zero-order chi connectivity index (χ0) is 23.5. The summed E-state index contributed by atoms with van der Waals surface area (Å²) in [6.07, 6.45) is 4.15. The van der Waals surface area contributed by atoms with Crippen molar-refractivity contribution in [2.24, 2.45) is 5.73 Å². The molecule has 2 heterocycles. The van der Waals surface area contributed by atoms with Crippen LogP contribution < -0.4 is 21.1 Å². The van der Waals surface area contributed by atoms with Crippen LogP contribution in [0.1, 0.15) is 76.6 Å². The Morgan fingerprint density at radius 3 is 2.36 bits per heavy atom. The monoisotopic (exact) mass is 451 g/mol. The van der Waals surface area contributed by atoms with E-state index in [9.17, 15) is 0 Å². The second kappa shape index (κ2) is 9.95. The molecule has 2 aromatic heterocycles. The van der Waals surface area contributed by atoms with Crippen LogP contribution in [0.5, 0.6) is 5.75 Å². The fraction of sp³-hybridized carbons (Fsp3) is 0.560. The van der Waals surface area contributed by atoms with E-state index in [1.54, 1.807) is 7.11 Å². The van der Waals surface area contributed by atoms with E-state index in [0.717, 1.165) is 59.5 Å². The summed E-state index contributed by atoms with van der Waals surface area (Å²) in [4.78, 5) is 9.89. The first-order chi connectivity index (χ1) is 15.9. The fourth-order valence-electron chi connectivity index (χ4n) is 4.39. The van der Waals surface area contributed by atoms with Crippen molar-refractivity contribution in [2.45, 2.75) is 84.0 Å². The van der Waals surface area contributed by atoms with Crippen molar-refractivity contribution in [1.82, 2.24) is 19.7 Å². The van der Waals surface area contributed by atoms with Gasteiger partial charge < -0.3 is 21.1 Å². The number of ether oxygens (including phenoxy) is 1. The average molecular weight is 452 g/mol. The van der Waals surface area contributed by atoms with Crippen LogP contribution in [0.2, 0.25) is 0 Å². The summed E-state index contributed by atoms with van der Waals surface area (Å²) >= 11 is 0. The van der Waals surface area contributed by atoms with Gasteiger partial charge in [0.25, 0.3) is 0 Å². The van der Waals surface area contributed by atoms with E-state index in [1.807, 2.05) is 16.8 Å². The van der Waals surface area contributed by atoms with E-state index in [2.05, 4.69) is 50.5 Å². The molecular formula is C25H37N7O. The number of hydrogen-bond donors (Lipinski definition) is 3. The van der Waals surface area contributed by atoms with E-state index in [-0.39, 0.29) is 12.0 Å². The van der Waals surface area contributed by atoms with Crippen molar-refractivity contribution in [3.8, 4) is 5.75 Å². The van der Waals surface area contributed by atoms with E-state index < -0.39 is 0 Å². The highest BCUT2D eigenvalue weighted by molar-refractivity contribution is 5.89. The Morgan fingerprint density at radius 1 is 1.06 bits per heavy atom. The maximum Gasteiger partial charge on any atom is 0.225 e. The Bertz CT molecular complexity index is 1070. The van der Waals surface area contributed by atoms with Crippen LogP contribution in [-0.2, 0) is 6.54 Å². The maximum atomic E-state index is 6.10. The number of nitrogens with two attached hydrogens (primary N) is 1. The SMILES string of the molecule is COc1ccc(CNc2nc(NC3CCC(N)CC3)nc3c(C(C)C)nn(C(C)C)c23)cc1. The number of benzene rings is 1. The summed E-state index contributed by atoms with van der Waals surface area (Å²) in [7, 11) is 1.68. The normalized spacial score (nSPS) is 18.8. The molecule has 1 aliphatic rings. The van der Waals surface area contributed by atoms with Crippen molar-refractivity contribution < 1.29 is 4.74 Å². The van der Waals surface area contributed by atoms with Gasteiger partial charge in [0, 0.05) is 24.7 Å². The van der Waals surface area contributed by atoms with Crippen LogP contribution in [-0.4, -0.2) is 38.9 Å². The van der Waals surface area contributed by atoms with E-state index in [1.165, 1.54) is 0 Å². The number of fused-ring (bicyclic) bond motifs is 1. The molecule has 0 saturated heterocycles. The molecule has 0 spiro atoms. The molecule has 1 fully saturated rings. The third-order valence-corrected chi connectivity index (χ3v) is 6.33. The predicted molar refractivity (Wildman–Crippen MR) is 134 cm³/mol. The molecule has 0 atom stereocenters. The van der Waals surface area contributed by atoms with Gasteiger partial charge in [0.1, 0.15) is 16.8 Å². The molecule has 1 aliphatic carbocycles. The number of nitrogens with zero attached hydrogens (tertiary/aromatic N) is 4. The number of hydrogen-bond acceptors (Lipinski definition) is 7. The largest absolute Gasteiger partial charge is 0.497 e. The van der Waals surface area contributed by atoms with Gasteiger partial charge in [-0.25, -0.2) is 4.98 Å². The Balaban J connectivity index is 1.70. The summed E-state index contributed by atoms with van der Waals surface area (Å²) in [5.74, 6) is 2.57. The highest BCUT2D eigenvalue weighted by Gasteiger charge is 2.24. The van der Waals surface area contributed by atoms with Gasteiger partial charge in [-0.15, -0.1) is 0 Å². The lowest BCUT2D eigenvalue weighted by Crippen LogP contribution is -2.33. The molecule has 8 nitrogen and oxygen atoms in total. The van der Waals surface area contributed by atoms with Crippen LogP contribution in [0, 0.1) is 0 Å². The number of aromatic nitrogens is 4. The van der Waals surface area contributed by atoms with Crippen LogP contribution in [0.4, 0.5) is 11.8 Å². The molecular weight excluding hydrogens is 414 g/mol. The molecule has 0 unspecified atom stereocenters. The molecule has 0 radical (unpaired) electrons. The van der Waals surface area contributed by atoms with E-state index >= 15 is 0 Å². The van der Waals surface area contributed by atoms with Crippen molar-refractivity contribution in [3.05, 3.63) is 35.5 Å². The zero-order valence-corrected chi connectivity index (χ0v) is 20.4. The Labute approximate surface area is 196 Å². The summed E-state index contributed by atoms with van der Waals surface area (Å²) in [6.45, 7) is 9.25. The smallest absolute Gasteiger partial charge is 0.225 e. The molecule has 178 valence electrons. The van der Waals surface area contributed by atoms with Crippen molar-refractivity contribution in [2.75, 3.05) is 17.7 Å². The predicted octanol–water partition coefficient (Wildman–Crippen LogP) is 4.83. The molecule has 8 heteroatoms.